The second-order valence-corrected chi connectivity index (χ2v) is 18.1. The lowest BCUT2D eigenvalue weighted by atomic mass is 9.92. The van der Waals surface area contributed by atoms with E-state index in [-0.39, 0.29) is 0 Å². The van der Waals surface area contributed by atoms with Crippen LogP contribution >= 0.6 is 0 Å². The molecule has 0 fully saturated rings. The highest BCUT2D eigenvalue weighted by Gasteiger charge is 2.23. The van der Waals surface area contributed by atoms with Crippen LogP contribution in [0.5, 0.6) is 0 Å². The van der Waals surface area contributed by atoms with Crippen molar-refractivity contribution in [3.63, 3.8) is 0 Å². The van der Waals surface area contributed by atoms with E-state index in [1.54, 1.807) is 0 Å². The van der Waals surface area contributed by atoms with Crippen molar-refractivity contribution in [3.05, 3.63) is 267 Å². The predicted octanol–water partition coefficient (Wildman–Crippen LogP) is 17.2. The maximum absolute atomic E-state index is 5.19. The van der Waals surface area contributed by atoms with Gasteiger partial charge in [0, 0.05) is 33.3 Å². The Hall–Kier alpha value is -9.52. The van der Waals surface area contributed by atoms with E-state index < -0.39 is 0 Å². The highest BCUT2D eigenvalue weighted by molar-refractivity contribution is 6.26. The van der Waals surface area contributed by atoms with Crippen molar-refractivity contribution in [1.29, 1.82) is 0 Å². The number of imidazole rings is 2. The Morgan fingerprint density at radius 2 is 0.718 bits per heavy atom. The van der Waals surface area contributed by atoms with Crippen LogP contribution in [0.3, 0.4) is 0 Å². The second kappa shape index (κ2) is 17.5. The zero-order valence-electron chi connectivity index (χ0n) is 39.0. The Bertz CT molecular complexity index is 3990. The molecule has 0 amide bonds. The third-order valence-electron chi connectivity index (χ3n) is 13.8. The van der Waals surface area contributed by atoms with Gasteiger partial charge in [-0.3, -0.25) is 9.80 Å². The van der Waals surface area contributed by atoms with Crippen LogP contribution in [0.25, 0.3) is 77.1 Å². The average Bonchev–Trinajstić information content (AvgIpc) is 4.13. The highest BCUT2D eigenvalue weighted by atomic mass is 15.2. The molecule has 0 unspecified atom stereocenters. The Kier molecular flexibility index (Phi) is 10.3. The zero-order valence-corrected chi connectivity index (χ0v) is 39.0. The third kappa shape index (κ3) is 7.46. The van der Waals surface area contributed by atoms with Crippen molar-refractivity contribution >= 4 is 66.7 Å². The van der Waals surface area contributed by atoms with Crippen molar-refractivity contribution < 1.29 is 0 Å². The average molecular weight is 911 g/mol. The van der Waals surface area contributed by atoms with Gasteiger partial charge in [-0.05, 0) is 99.3 Å². The van der Waals surface area contributed by atoms with Gasteiger partial charge in [0.15, 0.2) is 11.6 Å². The third-order valence-corrected chi connectivity index (χ3v) is 13.8. The lowest BCUT2D eigenvalue weighted by Gasteiger charge is -2.26. The fourth-order valence-electron chi connectivity index (χ4n) is 10.3. The normalized spacial score (nSPS) is 11.5. The summed E-state index contributed by atoms with van der Waals surface area (Å²) in [6.45, 7) is 2.12. The molecule has 2 heterocycles. The molecule has 0 aliphatic carbocycles. The first-order valence-corrected chi connectivity index (χ1v) is 24.0. The molecule has 0 bridgehead atoms. The molecule has 6 nitrogen and oxygen atoms in total. The smallest absolute Gasteiger partial charge is 0.156 e. The van der Waals surface area contributed by atoms with Crippen molar-refractivity contribution in [2.45, 2.75) is 6.92 Å². The number of rotatable bonds is 11. The summed E-state index contributed by atoms with van der Waals surface area (Å²) in [6, 6.07) is 84.3. The molecule has 0 radical (unpaired) electrons. The predicted molar refractivity (Wildman–Crippen MR) is 295 cm³/mol. The molecular formula is C65H46N6. The molecular weight excluding hydrogens is 865 g/mol. The molecule has 0 atom stereocenters. The van der Waals surface area contributed by atoms with E-state index in [4.69, 9.17) is 9.97 Å². The summed E-state index contributed by atoms with van der Waals surface area (Å²) in [5, 5.41) is 7.12. The van der Waals surface area contributed by atoms with Gasteiger partial charge in [-0.15, -0.1) is 0 Å². The van der Waals surface area contributed by atoms with Crippen LogP contribution < -0.4 is 9.80 Å². The number of anilines is 6. The van der Waals surface area contributed by atoms with Crippen LogP contribution in [-0.4, -0.2) is 19.1 Å². The van der Waals surface area contributed by atoms with Gasteiger partial charge in [-0.2, -0.15) is 0 Å². The number of aromatic nitrogens is 4. The summed E-state index contributed by atoms with van der Waals surface area (Å²) in [4.78, 5) is 14.9. The molecule has 71 heavy (non-hydrogen) atoms. The van der Waals surface area contributed by atoms with Gasteiger partial charge in [0.05, 0.1) is 35.1 Å². The largest absolute Gasteiger partial charge is 0.303 e. The van der Waals surface area contributed by atoms with Crippen molar-refractivity contribution in [3.8, 4) is 44.8 Å². The first-order valence-electron chi connectivity index (χ1n) is 24.0. The summed E-state index contributed by atoms with van der Waals surface area (Å²) >= 11 is 0. The number of nitrogens with zero attached hydrogens (tertiary/aromatic N) is 6. The molecule has 336 valence electrons. The second-order valence-electron chi connectivity index (χ2n) is 18.1. The number of hydrogen-bond donors (Lipinski definition) is 0. The van der Waals surface area contributed by atoms with Gasteiger partial charge in [0.1, 0.15) is 12.7 Å². The maximum Gasteiger partial charge on any atom is 0.156 e. The Morgan fingerprint density at radius 1 is 0.338 bits per heavy atom. The van der Waals surface area contributed by atoms with E-state index in [1.807, 2.05) is 12.7 Å². The van der Waals surface area contributed by atoms with E-state index in [0.717, 1.165) is 84.3 Å². The standard InChI is InChI=1S/C65H46N6/c1-45-25-33-52(34-26-45)70(60-23-13-11-21-54(60)48-17-7-3-8-18-48)62-41-68(43-66-62)58-39-31-50-30-38-57-59(40-32-51-29-37-56(58)64(50)65(51)57)69-42-63(67-44-69)71(53-35-27-47(28-36-53)46-15-5-2-6-16-46)61-24-14-12-22-55(61)49-19-9-4-10-20-49/h2-44H,1H3. The van der Waals surface area contributed by atoms with Gasteiger partial charge in [-0.25, -0.2) is 9.97 Å². The molecule has 0 spiro atoms. The first-order chi connectivity index (χ1) is 35.1. The Labute approximate surface area is 412 Å². The van der Waals surface area contributed by atoms with Crippen LogP contribution in [0.2, 0.25) is 0 Å². The Balaban J connectivity index is 0.915. The SMILES string of the molecule is Cc1ccc(N(c2cn(-c3ccc4ccc5c(-n6cnc(N(c7ccc(-c8ccccc8)cc7)c7ccccc7-c7ccccc7)c6)ccc6ccc3c4c65)cn2)c2ccccc2-c2ccccc2)cc1. The first kappa shape index (κ1) is 41.7. The van der Waals surface area contributed by atoms with Crippen molar-refractivity contribution in [2.24, 2.45) is 0 Å². The number of hydrogen-bond acceptors (Lipinski definition) is 4. The molecule has 6 heteroatoms. The van der Waals surface area contributed by atoms with Gasteiger partial charge in [0.25, 0.3) is 0 Å². The van der Waals surface area contributed by atoms with E-state index in [0.29, 0.717) is 0 Å². The molecule has 0 N–H and O–H groups in total. The molecule has 13 rings (SSSR count). The minimum absolute atomic E-state index is 0.816. The van der Waals surface area contributed by atoms with E-state index in [9.17, 15) is 0 Å². The molecule has 0 saturated heterocycles. The van der Waals surface area contributed by atoms with Crippen LogP contribution in [0.1, 0.15) is 5.56 Å². The van der Waals surface area contributed by atoms with Crippen LogP contribution in [-0.2, 0) is 0 Å². The molecule has 0 aliphatic rings. The van der Waals surface area contributed by atoms with Crippen LogP contribution in [0.4, 0.5) is 34.4 Å². The highest BCUT2D eigenvalue weighted by Crippen LogP contribution is 2.44. The number of aryl methyl sites for hydroxylation is 1. The van der Waals surface area contributed by atoms with Gasteiger partial charge in [-0.1, -0.05) is 194 Å². The fraction of sp³-hybridized carbons (Fsp3) is 0.0154. The van der Waals surface area contributed by atoms with E-state index >= 15 is 0 Å². The van der Waals surface area contributed by atoms with Gasteiger partial charge < -0.3 is 9.13 Å². The van der Waals surface area contributed by atoms with Crippen molar-refractivity contribution in [1.82, 2.24) is 19.1 Å². The number of benzene rings is 11. The van der Waals surface area contributed by atoms with E-state index in [1.165, 1.54) is 32.7 Å². The lowest BCUT2D eigenvalue weighted by Crippen LogP contribution is -2.11. The van der Waals surface area contributed by atoms with Gasteiger partial charge in [0.2, 0.25) is 0 Å². The monoisotopic (exact) mass is 910 g/mol. The quantitative estimate of drug-likeness (QED) is 0.121. The summed E-state index contributed by atoms with van der Waals surface area (Å²) < 4.78 is 4.35. The fourth-order valence-corrected chi connectivity index (χ4v) is 10.3. The molecule has 2 aromatic heterocycles. The molecule has 0 aliphatic heterocycles. The topological polar surface area (TPSA) is 42.1 Å². The zero-order chi connectivity index (χ0) is 47.3. The summed E-state index contributed by atoms with van der Waals surface area (Å²) in [5.74, 6) is 1.64. The maximum atomic E-state index is 5.19. The minimum Gasteiger partial charge on any atom is -0.303 e. The summed E-state index contributed by atoms with van der Waals surface area (Å²) in [6.07, 6.45) is 8.21. The van der Waals surface area contributed by atoms with Gasteiger partial charge >= 0.3 is 0 Å². The summed E-state index contributed by atoms with van der Waals surface area (Å²) in [5.41, 5.74) is 14.4. The molecule has 13 aromatic rings. The lowest BCUT2D eigenvalue weighted by molar-refractivity contribution is 1.07. The minimum atomic E-state index is 0.816. The Morgan fingerprint density at radius 3 is 1.18 bits per heavy atom. The molecule has 11 aromatic carbocycles. The van der Waals surface area contributed by atoms with Crippen molar-refractivity contribution in [2.75, 3.05) is 9.80 Å². The van der Waals surface area contributed by atoms with Crippen LogP contribution in [0, 0.1) is 6.92 Å². The molecule has 0 saturated carbocycles. The number of para-hydroxylation sites is 2. The summed E-state index contributed by atoms with van der Waals surface area (Å²) in [7, 11) is 0. The van der Waals surface area contributed by atoms with E-state index in [2.05, 4.69) is 275 Å². The van der Waals surface area contributed by atoms with Crippen LogP contribution in [0.15, 0.2) is 262 Å².